The van der Waals surface area contributed by atoms with Gasteiger partial charge in [-0.3, -0.25) is 19.6 Å². The van der Waals surface area contributed by atoms with Crippen LogP contribution in [0.2, 0.25) is 0 Å². The minimum atomic E-state index is 0.210. The first-order chi connectivity index (χ1) is 12.6. The molecule has 4 nitrogen and oxygen atoms in total. The molecule has 2 aromatic rings. The molecule has 2 aliphatic heterocycles. The average molecular weight is 349 g/mol. The Kier molecular flexibility index (Phi) is 4.88. The Balaban J connectivity index is 1.53. The molecule has 4 heteroatoms. The molecule has 0 amide bonds. The van der Waals surface area contributed by atoms with Crippen molar-refractivity contribution in [3.63, 3.8) is 0 Å². The number of aryl methyl sites for hydroxylation is 1. The van der Waals surface area contributed by atoms with Crippen molar-refractivity contribution in [3.8, 4) is 0 Å². The molecule has 2 saturated heterocycles. The van der Waals surface area contributed by atoms with Crippen molar-refractivity contribution in [1.82, 2.24) is 14.8 Å². The fourth-order valence-corrected chi connectivity index (χ4v) is 4.50. The Morgan fingerprint density at radius 3 is 2.69 bits per heavy atom. The third-order valence-corrected chi connectivity index (χ3v) is 6.00. The maximum Gasteiger partial charge on any atom is 0.136 e. The van der Waals surface area contributed by atoms with Crippen LogP contribution in [0, 0.1) is 13.8 Å². The van der Waals surface area contributed by atoms with Crippen LogP contribution >= 0.6 is 0 Å². The highest BCUT2D eigenvalue weighted by Gasteiger charge is 2.39. The van der Waals surface area contributed by atoms with E-state index in [9.17, 15) is 4.79 Å². The zero-order valence-electron chi connectivity index (χ0n) is 15.7. The van der Waals surface area contributed by atoms with Crippen LogP contribution in [-0.4, -0.2) is 46.2 Å². The number of aromatic nitrogens is 1. The number of ketones is 1. The number of piperidine rings is 1. The van der Waals surface area contributed by atoms with Crippen LogP contribution in [0.1, 0.15) is 41.3 Å². The van der Waals surface area contributed by atoms with E-state index in [0.717, 1.165) is 31.9 Å². The molecular formula is C22H27N3O. The van der Waals surface area contributed by atoms with E-state index >= 15 is 0 Å². The minimum Gasteiger partial charge on any atom is -0.300 e. The number of fused-ring (bicyclic) bond motifs is 1. The molecular weight excluding hydrogens is 322 g/mol. The molecule has 4 rings (SSSR count). The Morgan fingerprint density at radius 1 is 1.08 bits per heavy atom. The van der Waals surface area contributed by atoms with Gasteiger partial charge in [0.2, 0.25) is 0 Å². The third-order valence-electron chi connectivity index (χ3n) is 6.00. The second kappa shape index (κ2) is 7.29. The molecule has 136 valence electrons. The summed E-state index contributed by atoms with van der Waals surface area (Å²) < 4.78 is 0. The molecule has 1 aromatic carbocycles. The lowest BCUT2D eigenvalue weighted by Crippen LogP contribution is -2.57. The van der Waals surface area contributed by atoms with Gasteiger partial charge in [0.15, 0.2) is 0 Å². The molecule has 0 saturated carbocycles. The van der Waals surface area contributed by atoms with E-state index in [-0.39, 0.29) is 6.04 Å². The fourth-order valence-electron chi connectivity index (χ4n) is 4.50. The van der Waals surface area contributed by atoms with E-state index in [1.54, 1.807) is 0 Å². The number of benzene rings is 1. The smallest absolute Gasteiger partial charge is 0.136 e. The summed E-state index contributed by atoms with van der Waals surface area (Å²) in [6.07, 6.45) is 3.21. The van der Waals surface area contributed by atoms with Gasteiger partial charge in [-0.1, -0.05) is 30.3 Å². The maximum atomic E-state index is 12.5. The Hall–Kier alpha value is -2.04. The van der Waals surface area contributed by atoms with Crippen LogP contribution in [0.25, 0.3) is 0 Å². The lowest BCUT2D eigenvalue weighted by molar-refractivity contribution is -0.127. The van der Waals surface area contributed by atoms with Crippen molar-refractivity contribution in [3.05, 3.63) is 65.0 Å². The lowest BCUT2D eigenvalue weighted by Gasteiger charge is -2.48. The molecule has 0 radical (unpaired) electrons. The highest BCUT2D eigenvalue weighted by molar-refractivity contribution is 5.81. The van der Waals surface area contributed by atoms with Gasteiger partial charge >= 0.3 is 0 Å². The first-order valence-corrected chi connectivity index (χ1v) is 9.57. The molecule has 0 N–H and O–H groups in total. The van der Waals surface area contributed by atoms with Gasteiger partial charge < -0.3 is 0 Å². The zero-order valence-corrected chi connectivity index (χ0v) is 15.7. The van der Waals surface area contributed by atoms with E-state index in [2.05, 4.69) is 65.0 Å². The third kappa shape index (κ3) is 3.44. The number of piperazine rings is 1. The van der Waals surface area contributed by atoms with Gasteiger partial charge in [0.05, 0.1) is 0 Å². The molecule has 0 bridgehead atoms. The predicted molar refractivity (Wildman–Crippen MR) is 103 cm³/mol. The fraction of sp³-hybridized carbons (Fsp3) is 0.455. The first kappa shape index (κ1) is 17.4. The normalized spacial score (nSPS) is 24.5. The van der Waals surface area contributed by atoms with E-state index in [1.165, 1.54) is 16.7 Å². The monoisotopic (exact) mass is 349 g/mol. The predicted octanol–water partition coefficient (Wildman–Crippen LogP) is 3.29. The lowest BCUT2D eigenvalue weighted by atomic mass is 9.86. The number of pyridine rings is 1. The molecule has 2 fully saturated rings. The molecule has 0 spiro atoms. The van der Waals surface area contributed by atoms with Gasteiger partial charge in [-0.2, -0.15) is 0 Å². The quantitative estimate of drug-likeness (QED) is 0.852. The topological polar surface area (TPSA) is 36.4 Å². The number of hydrogen-bond acceptors (Lipinski definition) is 4. The number of carbonyl (C=O) groups excluding carboxylic acids is 1. The summed E-state index contributed by atoms with van der Waals surface area (Å²) in [7, 11) is 0. The van der Waals surface area contributed by atoms with Gasteiger partial charge in [0.1, 0.15) is 5.78 Å². The van der Waals surface area contributed by atoms with Gasteiger partial charge in [-0.05, 0) is 36.6 Å². The van der Waals surface area contributed by atoms with Crippen molar-refractivity contribution >= 4 is 5.78 Å². The molecule has 2 unspecified atom stereocenters. The van der Waals surface area contributed by atoms with E-state index in [1.807, 2.05) is 6.20 Å². The summed E-state index contributed by atoms with van der Waals surface area (Å²) in [6.45, 7) is 8.21. The molecule has 2 atom stereocenters. The summed E-state index contributed by atoms with van der Waals surface area (Å²) in [5.74, 6) is 0.395. The number of carbonyl (C=O) groups is 1. The van der Waals surface area contributed by atoms with E-state index in [4.69, 9.17) is 0 Å². The summed E-state index contributed by atoms with van der Waals surface area (Å²) >= 11 is 0. The molecule has 1 aromatic heterocycles. The van der Waals surface area contributed by atoms with Gasteiger partial charge in [-0.15, -0.1) is 0 Å². The summed E-state index contributed by atoms with van der Waals surface area (Å²) in [4.78, 5) is 22.0. The number of rotatable bonds is 3. The van der Waals surface area contributed by atoms with Gasteiger partial charge in [-0.25, -0.2) is 0 Å². The Bertz CT molecular complexity index is 789. The van der Waals surface area contributed by atoms with E-state index in [0.29, 0.717) is 24.7 Å². The second-order valence-electron chi connectivity index (χ2n) is 7.69. The highest BCUT2D eigenvalue weighted by Crippen LogP contribution is 2.36. The second-order valence-corrected chi connectivity index (χ2v) is 7.69. The summed E-state index contributed by atoms with van der Waals surface area (Å²) in [6, 6.07) is 13.3. The zero-order chi connectivity index (χ0) is 18.1. The van der Waals surface area contributed by atoms with Crippen LogP contribution in [0.5, 0.6) is 0 Å². The SMILES string of the molecule is Cc1nccc(C2CC(=O)CC3CN(Cc4ccccc4)CCN32)c1C. The largest absolute Gasteiger partial charge is 0.300 e. The van der Waals surface area contributed by atoms with Crippen LogP contribution in [-0.2, 0) is 11.3 Å². The molecule has 0 aliphatic carbocycles. The number of hydrogen-bond donors (Lipinski definition) is 0. The summed E-state index contributed by atoms with van der Waals surface area (Å²) in [5.41, 5.74) is 4.93. The van der Waals surface area contributed by atoms with Gasteiger partial charge in [0, 0.05) is 63.0 Å². The Morgan fingerprint density at radius 2 is 1.88 bits per heavy atom. The molecule has 3 heterocycles. The van der Waals surface area contributed by atoms with E-state index < -0.39 is 0 Å². The first-order valence-electron chi connectivity index (χ1n) is 9.57. The van der Waals surface area contributed by atoms with Crippen molar-refractivity contribution in [2.24, 2.45) is 0 Å². The van der Waals surface area contributed by atoms with Crippen molar-refractivity contribution in [1.29, 1.82) is 0 Å². The summed E-state index contributed by atoms with van der Waals surface area (Å²) in [5, 5.41) is 0. The van der Waals surface area contributed by atoms with Gasteiger partial charge in [0.25, 0.3) is 0 Å². The highest BCUT2D eigenvalue weighted by atomic mass is 16.1. The standard InChI is InChI=1S/C22H27N3O/c1-16-17(2)23-9-8-21(16)22-13-20(26)12-19-15-24(10-11-25(19)22)14-18-6-4-3-5-7-18/h3-9,19,22H,10-15H2,1-2H3. The number of Topliss-reactive ketones (excluding diaryl/α,β-unsaturated/α-hetero) is 1. The van der Waals surface area contributed by atoms with Crippen LogP contribution in [0.3, 0.4) is 0 Å². The molecule has 26 heavy (non-hydrogen) atoms. The molecule has 2 aliphatic rings. The van der Waals surface area contributed by atoms with Crippen molar-refractivity contribution in [2.45, 2.75) is 45.3 Å². The number of nitrogens with zero attached hydrogens (tertiary/aromatic N) is 3. The van der Waals surface area contributed by atoms with Crippen LogP contribution in [0.4, 0.5) is 0 Å². The van der Waals surface area contributed by atoms with Crippen LogP contribution in [0.15, 0.2) is 42.6 Å². The Labute approximate surface area is 155 Å². The van der Waals surface area contributed by atoms with Crippen molar-refractivity contribution < 1.29 is 4.79 Å². The maximum absolute atomic E-state index is 12.5. The van der Waals surface area contributed by atoms with Crippen LogP contribution < -0.4 is 0 Å². The average Bonchev–Trinajstić information content (AvgIpc) is 2.64. The van der Waals surface area contributed by atoms with Crippen molar-refractivity contribution in [2.75, 3.05) is 19.6 Å². The minimum absolute atomic E-state index is 0.210.